The third kappa shape index (κ3) is 2.25. The average molecular weight is 206 g/mol. The van der Waals surface area contributed by atoms with Crippen molar-refractivity contribution in [2.75, 3.05) is 6.61 Å². The Labute approximate surface area is 87.7 Å². The van der Waals surface area contributed by atoms with E-state index in [1.54, 1.807) is 5.19 Å². The Hall–Kier alpha value is -0.603. The van der Waals surface area contributed by atoms with Crippen LogP contribution in [0.5, 0.6) is 0 Å². The van der Waals surface area contributed by atoms with Crippen molar-refractivity contribution >= 4 is 14.0 Å². The smallest absolute Gasteiger partial charge is 0.101 e. The topological polar surface area (TPSA) is 9.23 Å². The fourth-order valence-electron chi connectivity index (χ4n) is 2.13. The second kappa shape index (κ2) is 4.76. The highest BCUT2D eigenvalue weighted by Crippen LogP contribution is 2.15. The van der Waals surface area contributed by atoms with Gasteiger partial charge in [-0.15, -0.1) is 0 Å². The van der Waals surface area contributed by atoms with Crippen LogP contribution in [-0.4, -0.2) is 21.1 Å². The van der Waals surface area contributed by atoms with Crippen LogP contribution in [0.1, 0.15) is 19.3 Å². The Morgan fingerprint density at radius 3 is 2.64 bits per heavy atom. The van der Waals surface area contributed by atoms with E-state index >= 15 is 0 Å². The summed E-state index contributed by atoms with van der Waals surface area (Å²) in [5.41, 5.74) is 0.575. The molecule has 2 atom stereocenters. The molecule has 14 heavy (non-hydrogen) atoms. The first-order valence-electron chi connectivity index (χ1n) is 5.54. The minimum atomic E-state index is -0.864. The summed E-state index contributed by atoms with van der Waals surface area (Å²) in [6.45, 7) is 3.39. The molecule has 2 heteroatoms. The van der Waals surface area contributed by atoms with E-state index in [2.05, 4.69) is 36.9 Å². The summed E-state index contributed by atoms with van der Waals surface area (Å²) in [6, 6.07) is 10.9. The molecular weight excluding hydrogens is 188 g/mol. The van der Waals surface area contributed by atoms with Crippen molar-refractivity contribution in [2.45, 2.75) is 31.5 Å². The SMILES string of the molecule is C[SiH](c1ccccc1)C1CCCCO1. The molecule has 0 aromatic heterocycles. The lowest BCUT2D eigenvalue weighted by Crippen LogP contribution is -2.42. The van der Waals surface area contributed by atoms with Crippen LogP contribution in [0.2, 0.25) is 6.55 Å². The second-order valence-corrected chi connectivity index (χ2v) is 7.09. The summed E-state index contributed by atoms with van der Waals surface area (Å²) in [5.74, 6) is 0. The maximum absolute atomic E-state index is 5.86. The summed E-state index contributed by atoms with van der Waals surface area (Å²) in [6.07, 6.45) is 3.89. The maximum atomic E-state index is 5.86. The first-order chi connectivity index (χ1) is 6.88. The van der Waals surface area contributed by atoms with Gasteiger partial charge in [0.1, 0.15) is 8.80 Å². The van der Waals surface area contributed by atoms with Gasteiger partial charge in [0.15, 0.2) is 0 Å². The summed E-state index contributed by atoms with van der Waals surface area (Å²) in [7, 11) is -0.864. The number of benzene rings is 1. The van der Waals surface area contributed by atoms with Gasteiger partial charge in [-0.2, -0.15) is 0 Å². The van der Waals surface area contributed by atoms with Gasteiger partial charge in [0.05, 0.1) is 0 Å². The van der Waals surface area contributed by atoms with Gasteiger partial charge in [-0.3, -0.25) is 0 Å². The van der Waals surface area contributed by atoms with Crippen LogP contribution in [0.3, 0.4) is 0 Å². The van der Waals surface area contributed by atoms with E-state index in [0.717, 1.165) is 6.61 Å². The monoisotopic (exact) mass is 206 g/mol. The molecule has 1 nitrogen and oxygen atoms in total. The second-order valence-electron chi connectivity index (χ2n) is 4.10. The number of hydrogen-bond donors (Lipinski definition) is 0. The molecule has 0 bridgehead atoms. The molecule has 0 amide bonds. The third-order valence-corrected chi connectivity index (χ3v) is 6.18. The predicted octanol–water partition coefficient (Wildman–Crippen LogP) is 1.86. The molecule has 2 rings (SSSR count). The van der Waals surface area contributed by atoms with Crippen LogP contribution in [0.4, 0.5) is 0 Å². The highest BCUT2D eigenvalue weighted by Gasteiger charge is 2.22. The van der Waals surface area contributed by atoms with Gasteiger partial charge in [0.2, 0.25) is 0 Å². The van der Waals surface area contributed by atoms with E-state index in [4.69, 9.17) is 4.74 Å². The van der Waals surface area contributed by atoms with Crippen molar-refractivity contribution in [3.05, 3.63) is 30.3 Å². The molecule has 1 heterocycles. The Bertz CT molecular complexity index is 267. The molecule has 1 aromatic rings. The van der Waals surface area contributed by atoms with Crippen molar-refractivity contribution in [1.82, 2.24) is 0 Å². The lowest BCUT2D eigenvalue weighted by Gasteiger charge is -2.27. The van der Waals surface area contributed by atoms with E-state index in [-0.39, 0.29) is 0 Å². The van der Waals surface area contributed by atoms with Crippen LogP contribution in [-0.2, 0) is 4.74 Å². The zero-order valence-corrected chi connectivity index (χ0v) is 9.93. The summed E-state index contributed by atoms with van der Waals surface area (Å²) in [4.78, 5) is 0. The number of hydrogen-bond acceptors (Lipinski definition) is 1. The molecule has 1 fully saturated rings. The van der Waals surface area contributed by atoms with Gasteiger partial charge in [-0.25, -0.2) is 0 Å². The van der Waals surface area contributed by atoms with E-state index in [1.807, 2.05) is 0 Å². The van der Waals surface area contributed by atoms with Crippen molar-refractivity contribution in [3.8, 4) is 0 Å². The molecule has 76 valence electrons. The summed E-state index contributed by atoms with van der Waals surface area (Å²) >= 11 is 0. The minimum Gasteiger partial charge on any atom is -0.382 e. The molecule has 0 radical (unpaired) electrons. The molecule has 0 aliphatic carbocycles. The molecule has 2 unspecified atom stereocenters. The molecule has 1 aliphatic heterocycles. The quantitative estimate of drug-likeness (QED) is 0.671. The van der Waals surface area contributed by atoms with Crippen LogP contribution in [0, 0.1) is 0 Å². The fraction of sp³-hybridized carbons (Fsp3) is 0.500. The van der Waals surface area contributed by atoms with Crippen molar-refractivity contribution in [2.24, 2.45) is 0 Å². The largest absolute Gasteiger partial charge is 0.382 e. The van der Waals surface area contributed by atoms with E-state index in [0.29, 0.717) is 5.73 Å². The van der Waals surface area contributed by atoms with Gasteiger partial charge in [0, 0.05) is 12.3 Å². The average Bonchev–Trinajstić information content (AvgIpc) is 2.30. The van der Waals surface area contributed by atoms with Crippen molar-refractivity contribution in [1.29, 1.82) is 0 Å². The van der Waals surface area contributed by atoms with Gasteiger partial charge in [-0.05, 0) is 19.3 Å². The van der Waals surface area contributed by atoms with Crippen LogP contribution in [0.25, 0.3) is 0 Å². The molecule has 0 N–H and O–H groups in total. The van der Waals surface area contributed by atoms with Crippen LogP contribution >= 0.6 is 0 Å². The highest BCUT2D eigenvalue weighted by atomic mass is 28.3. The predicted molar refractivity (Wildman–Crippen MR) is 62.7 cm³/mol. The molecular formula is C12H18OSi. The first-order valence-corrected chi connectivity index (χ1v) is 7.94. The molecule has 1 saturated heterocycles. The van der Waals surface area contributed by atoms with E-state index in [9.17, 15) is 0 Å². The lowest BCUT2D eigenvalue weighted by molar-refractivity contribution is 0.0638. The molecule has 0 spiro atoms. The Kier molecular flexibility index (Phi) is 3.38. The molecule has 1 aliphatic rings. The molecule has 0 saturated carbocycles. The summed E-state index contributed by atoms with van der Waals surface area (Å²) < 4.78 is 5.86. The zero-order valence-electron chi connectivity index (χ0n) is 8.78. The van der Waals surface area contributed by atoms with Gasteiger partial charge in [-0.1, -0.05) is 42.1 Å². The zero-order chi connectivity index (χ0) is 9.80. The number of ether oxygens (including phenoxy) is 1. The van der Waals surface area contributed by atoms with E-state index in [1.165, 1.54) is 19.3 Å². The van der Waals surface area contributed by atoms with Gasteiger partial charge < -0.3 is 4.74 Å². The Morgan fingerprint density at radius 2 is 2.00 bits per heavy atom. The highest BCUT2D eigenvalue weighted by molar-refractivity contribution is 6.73. The number of rotatable bonds is 2. The fourth-order valence-corrected chi connectivity index (χ4v) is 4.55. The molecule has 1 aromatic carbocycles. The normalized spacial score (nSPS) is 24.5. The van der Waals surface area contributed by atoms with Crippen molar-refractivity contribution < 1.29 is 4.74 Å². The minimum absolute atomic E-state index is 0.575. The maximum Gasteiger partial charge on any atom is 0.101 e. The van der Waals surface area contributed by atoms with Gasteiger partial charge in [0.25, 0.3) is 0 Å². The summed E-state index contributed by atoms with van der Waals surface area (Å²) in [5, 5.41) is 1.54. The lowest BCUT2D eigenvalue weighted by atomic mass is 10.2. The van der Waals surface area contributed by atoms with Gasteiger partial charge >= 0.3 is 0 Å². The Balaban J connectivity index is 2.03. The standard InChI is InChI=1S/C12H18OSi/c1-14(11-7-3-2-4-8-11)12-9-5-6-10-13-12/h2-4,7-8,12,14H,5-6,9-10H2,1H3. The van der Waals surface area contributed by atoms with Crippen LogP contribution < -0.4 is 5.19 Å². The Morgan fingerprint density at radius 1 is 1.21 bits per heavy atom. The van der Waals surface area contributed by atoms with Crippen molar-refractivity contribution in [3.63, 3.8) is 0 Å². The van der Waals surface area contributed by atoms with E-state index < -0.39 is 8.80 Å². The third-order valence-electron chi connectivity index (χ3n) is 3.10. The van der Waals surface area contributed by atoms with Crippen LogP contribution in [0.15, 0.2) is 30.3 Å². The first kappa shape index (κ1) is 9.93.